The monoisotopic (exact) mass is 348 g/mol. The molecule has 2 amide bonds. The number of halogens is 3. The lowest BCUT2D eigenvalue weighted by Gasteiger charge is -2.23. The average Bonchev–Trinajstić information content (AvgIpc) is 2.81. The van der Waals surface area contributed by atoms with Crippen LogP contribution in [0.1, 0.15) is 29.5 Å². The minimum absolute atomic E-state index is 0.0615. The molecule has 3 nitrogen and oxygen atoms in total. The van der Waals surface area contributed by atoms with E-state index in [1.54, 1.807) is 4.90 Å². The lowest BCUT2D eigenvalue weighted by atomic mass is 10.1. The number of carbonyl (C=O) groups is 1. The van der Waals surface area contributed by atoms with Gasteiger partial charge in [0, 0.05) is 18.8 Å². The van der Waals surface area contributed by atoms with E-state index < -0.39 is 11.7 Å². The van der Waals surface area contributed by atoms with Gasteiger partial charge in [0.15, 0.2) is 0 Å². The molecule has 1 aliphatic heterocycles. The fraction of sp³-hybridized carbons (Fsp3) is 0.316. The number of urea groups is 1. The number of anilines is 1. The summed E-state index contributed by atoms with van der Waals surface area (Å²) in [7, 11) is 0. The van der Waals surface area contributed by atoms with Crippen LogP contribution in [0.5, 0.6) is 0 Å². The number of hydrogen-bond acceptors (Lipinski definition) is 1. The number of para-hydroxylation sites is 1. The number of nitrogens with one attached hydrogen (secondary N) is 1. The highest BCUT2D eigenvalue weighted by atomic mass is 19.4. The minimum Gasteiger partial charge on any atom is -0.334 e. The smallest absolute Gasteiger partial charge is 0.334 e. The van der Waals surface area contributed by atoms with Crippen molar-refractivity contribution in [1.82, 2.24) is 5.32 Å². The highest BCUT2D eigenvalue weighted by molar-refractivity contribution is 5.92. The Morgan fingerprint density at radius 1 is 1.04 bits per heavy atom. The number of fused-ring (bicyclic) bond motifs is 1. The van der Waals surface area contributed by atoms with Crippen LogP contribution in [0.3, 0.4) is 0 Å². The van der Waals surface area contributed by atoms with E-state index in [2.05, 4.69) is 5.32 Å². The first-order valence-electron chi connectivity index (χ1n) is 8.25. The van der Waals surface area contributed by atoms with E-state index in [9.17, 15) is 18.0 Å². The number of aryl methyl sites for hydroxylation is 1. The number of alkyl halides is 3. The summed E-state index contributed by atoms with van der Waals surface area (Å²) in [6.07, 6.45) is -1.69. The van der Waals surface area contributed by atoms with Crippen LogP contribution in [0, 0.1) is 0 Å². The molecule has 2 aromatic rings. The van der Waals surface area contributed by atoms with Crippen molar-refractivity contribution in [3.63, 3.8) is 0 Å². The summed E-state index contributed by atoms with van der Waals surface area (Å²) in [5.74, 6) is 0. The van der Waals surface area contributed by atoms with Crippen LogP contribution in [-0.2, 0) is 19.1 Å². The Balaban J connectivity index is 1.76. The van der Waals surface area contributed by atoms with Crippen molar-refractivity contribution < 1.29 is 18.0 Å². The van der Waals surface area contributed by atoms with Gasteiger partial charge < -0.3 is 5.32 Å². The Kier molecular flexibility index (Phi) is 4.97. The fourth-order valence-corrected chi connectivity index (χ4v) is 3.12. The molecule has 3 rings (SSSR count). The Hall–Kier alpha value is -2.50. The maximum absolute atomic E-state index is 13.1. The second kappa shape index (κ2) is 7.17. The Morgan fingerprint density at radius 3 is 2.56 bits per heavy atom. The summed E-state index contributed by atoms with van der Waals surface area (Å²) in [4.78, 5) is 14.2. The molecule has 1 N–H and O–H groups in total. The van der Waals surface area contributed by atoms with Crippen molar-refractivity contribution in [1.29, 1.82) is 0 Å². The van der Waals surface area contributed by atoms with Gasteiger partial charge in [-0.15, -0.1) is 0 Å². The van der Waals surface area contributed by atoms with E-state index in [0.717, 1.165) is 36.6 Å². The third-order valence-electron chi connectivity index (χ3n) is 4.36. The molecule has 132 valence electrons. The summed E-state index contributed by atoms with van der Waals surface area (Å²) in [6, 6.07) is 12.6. The summed E-state index contributed by atoms with van der Waals surface area (Å²) in [5.41, 5.74) is 1.27. The van der Waals surface area contributed by atoms with Gasteiger partial charge in [-0.3, -0.25) is 4.90 Å². The van der Waals surface area contributed by atoms with E-state index in [1.807, 2.05) is 24.3 Å². The average molecular weight is 348 g/mol. The summed E-state index contributed by atoms with van der Waals surface area (Å²) >= 11 is 0. The SMILES string of the molecule is O=C(NCc1ccccc1C(F)(F)F)N1CCCCc2ccccc21. The zero-order valence-corrected chi connectivity index (χ0v) is 13.6. The number of benzene rings is 2. The number of carbonyl (C=O) groups excluding carboxylic acids is 1. The second-order valence-electron chi connectivity index (χ2n) is 6.05. The van der Waals surface area contributed by atoms with Gasteiger partial charge in [0.05, 0.1) is 5.56 Å². The van der Waals surface area contributed by atoms with Crippen LogP contribution in [0.2, 0.25) is 0 Å². The molecular weight excluding hydrogens is 329 g/mol. The normalized spacial score (nSPS) is 14.6. The maximum Gasteiger partial charge on any atom is 0.416 e. The van der Waals surface area contributed by atoms with E-state index in [1.165, 1.54) is 18.2 Å². The summed E-state index contributed by atoms with van der Waals surface area (Å²) < 4.78 is 39.2. The molecule has 0 aromatic heterocycles. The molecule has 25 heavy (non-hydrogen) atoms. The number of rotatable bonds is 2. The standard InChI is InChI=1S/C19H19F3N2O/c20-19(21,22)16-10-3-1-9-15(16)13-23-18(25)24-12-6-5-8-14-7-2-4-11-17(14)24/h1-4,7,9-11H,5-6,8,12-13H2,(H,23,25). The Labute approximate surface area is 144 Å². The molecule has 0 radical (unpaired) electrons. The maximum atomic E-state index is 13.1. The summed E-state index contributed by atoms with van der Waals surface area (Å²) in [5, 5.41) is 2.64. The third-order valence-corrected chi connectivity index (χ3v) is 4.36. The number of nitrogens with zero attached hydrogens (tertiary/aromatic N) is 1. The summed E-state index contributed by atoms with van der Waals surface area (Å²) in [6.45, 7) is 0.400. The van der Waals surface area contributed by atoms with E-state index >= 15 is 0 Å². The second-order valence-corrected chi connectivity index (χ2v) is 6.05. The third kappa shape index (κ3) is 3.95. The molecule has 0 saturated heterocycles. The first-order chi connectivity index (χ1) is 12.0. The molecule has 0 saturated carbocycles. The van der Waals surface area contributed by atoms with Gasteiger partial charge in [-0.2, -0.15) is 13.2 Å². The molecule has 6 heteroatoms. The molecule has 0 bridgehead atoms. The Morgan fingerprint density at radius 2 is 1.76 bits per heavy atom. The van der Waals surface area contributed by atoms with Gasteiger partial charge in [0.2, 0.25) is 0 Å². The van der Waals surface area contributed by atoms with Crippen molar-refractivity contribution in [3.05, 3.63) is 65.2 Å². The molecule has 2 aromatic carbocycles. The molecule has 0 spiro atoms. The quantitative estimate of drug-likeness (QED) is 0.834. The first kappa shape index (κ1) is 17.3. The van der Waals surface area contributed by atoms with Crippen LogP contribution in [0.4, 0.5) is 23.7 Å². The predicted octanol–water partition coefficient (Wildman–Crippen LogP) is 4.76. The molecular formula is C19H19F3N2O. The lowest BCUT2D eigenvalue weighted by Crippen LogP contribution is -2.40. The lowest BCUT2D eigenvalue weighted by molar-refractivity contribution is -0.138. The Bertz CT molecular complexity index is 758. The first-order valence-corrected chi connectivity index (χ1v) is 8.25. The van der Waals surface area contributed by atoms with Crippen molar-refractivity contribution in [2.45, 2.75) is 32.0 Å². The molecule has 1 heterocycles. The van der Waals surface area contributed by atoms with Gasteiger partial charge in [0.1, 0.15) is 0 Å². The van der Waals surface area contributed by atoms with Gasteiger partial charge in [-0.1, -0.05) is 36.4 Å². The van der Waals surface area contributed by atoms with Crippen LogP contribution in [0.25, 0.3) is 0 Å². The van der Waals surface area contributed by atoms with Crippen molar-refractivity contribution in [2.75, 3.05) is 11.4 Å². The fourth-order valence-electron chi connectivity index (χ4n) is 3.12. The van der Waals surface area contributed by atoms with Crippen LogP contribution >= 0.6 is 0 Å². The van der Waals surface area contributed by atoms with Gasteiger partial charge in [0.25, 0.3) is 0 Å². The van der Waals surface area contributed by atoms with Gasteiger partial charge in [-0.05, 0) is 42.5 Å². The molecule has 0 unspecified atom stereocenters. The van der Waals surface area contributed by atoms with Gasteiger partial charge in [-0.25, -0.2) is 4.79 Å². The van der Waals surface area contributed by atoms with Crippen LogP contribution in [0.15, 0.2) is 48.5 Å². The highest BCUT2D eigenvalue weighted by Gasteiger charge is 2.33. The topological polar surface area (TPSA) is 32.3 Å². The van der Waals surface area contributed by atoms with Gasteiger partial charge >= 0.3 is 12.2 Å². The minimum atomic E-state index is -4.43. The van der Waals surface area contributed by atoms with Crippen molar-refractivity contribution in [2.24, 2.45) is 0 Å². The number of hydrogen-bond donors (Lipinski definition) is 1. The molecule has 0 aliphatic carbocycles. The predicted molar refractivity (Wildman–Crippen MR) is 90.4 cm³/mol. The van der Waals surface area contributed by atoms with E-state index in [-0.39, 0.29) is 18.1 Å². The van der Waals surface area contributed by atoms with E-state index in [4.69, 9.17) is 0 Å². The van der Waals surface area contributed by atoms with E-state index in [0.29, 0.717) is 6.54 Å². The zero-order valence-electron chi connectivity index (χ0n) is 13.6. The van der Waals surface area contributed by atoms with Crippen LogP contribution < -0.4 is 10.2 Å². The zero-order chi connectivity index (χ0) is 17.9. The number of amides is 2. The van der Waals surface area contributed by atoms with Crippen LogP contribution in [-0.4, -0.2) is 12.6 Å². The van der Waals surface area contributed by atoms with Crippen molar-refractivity contribution >= 4 is 11.7 Å². The molecule has 1 aliphatic rings. The largest absolute Gasteiger partial charge is 0.416 e. The molecule has 0 atom stereocenters. The van der Waals surface area contributed by atoms with Crippen molar-refractivity contribution in [3.8, 4) is 0 Å². The highest BCUT2D eigenvalue weighted by Crippen LogP contribution is 2.32. The molecule has 0 fully saturated rings.